The predicted molar refractivity (Wildman–Crippen MR) is 102 cm³/mol. The van der Waals surface area contributed by atoms with Crippen LogP contribution in [0.3, 0.4) is 0 Å². The monoisotopic (exact) mass is 426 g/mol. The second kappa shape index (κ2) is 6.93. The molecule has 1 aromatic carbocycles. The fourth-order valence-corrected chi connectivity index (χ4v) is 5.46. The average molecular weight is 425 g/mol. The molecule has 0 radical (unpaired) electrons. The topological polar surface area (TPSA) is 35.0 Å². The van der Waals surface area contributed by atoms with Gasteiger partial charge in [-0.15, -0.1) is 0 Å². The van der Waals surface area contributed by atoms with Crippen molar-refractivity contribution in [3.05, 3.63) is 60.8 Å². The van der Waals surface area contributed by atoms with Gasteiger partial charge in [0.25, 0.3) is 0 Å². The van der Waals surface area contributed by atoms with Crippen molar-refractivity contribution in [2.75, 3.05) is 7.11 Å². The Morgan fingerprint density at radius 3 is 2.25 bits per heavy atom. The first-order chi connectivity index (χ1) is 11.5. The van der Waals surface area contributed by atoms with Crippen molar-refractivity contribution in [1.29, 1.82) is 0 Å². The number of hydrogen-bond donors (Lipinski definition) is 0. The van der Waals surface area contributed by atoms with Crippen LogP contribution in [-0.2, 0) is 0 Å². The summed E-state index contributed by atoms with van der Waals surface area (Å²) in [6.07, 6.45) is 2.03. The molecule has 0 aliphatic heterocycles. The molecule has 0 atom stereocenters. The normalized spacial score (nSPS) is 11.3. The summed E-state index contributed by atoms with van der Waals surface area (Å²) in [5.41, 5.74) is 3.77. The SMILES string of the molecule is COc1cccc(-c2cccc(-c3cc[c]([Sn]([CH3])([CH3])[CH3])cn3)n2)c1. The minimum atomic E-state index is -2.06. The zero-order valence-electron chi connectivity index (χ0n) is 14.6. The second-order valence-corrected chi connectivity index (χ2v) is 21.3. The maximum atomic E-state index is 5.30. The third-order valence-electron chi connectivity index (χ3n) is 4.01. The number of methoxy groups -OCH3 is 1. The van der Waals surface area contributed by atoms with Crippen LogP contribution in [0.5, 0.6) is 5.75 Å². The van der Waals surface area contributed by atoms with E-state index in [1.54, 1.807) is 7.11 Å². The zero-order chi connectivity index (χ0) is 17.2. The number of nitrogens with zero attached hydrogens (tertiary/aromatic N) is 2. The molecule has 3 nitrogen and oxygen atoms in total. The molecule has 2 aromatic heterocycles. The van der Waals surface area contributed by atoms with E-state index in [2.05, 4.69) is 31.9 Å². The fraction of sp³-hybridized carbons (Fsp3) is 0.200. The molecule has 0 fully saturated rings. The Hall–Kier alpha value is -1.88. The molecule has 0 aliphatic rings. The van der Waals surface area contributed by atoms with E-state index in [-0.39, 0.29) is 0 Å². The van der Waals surface area contributed by atoms with Crippen LogP contribution in [0.4, 0.5) is 0 Å². The minimum absolute atomic E-state index is 0.833. The molecule has 0 aliphatic carbocycles. The molecule has 0 spiro atoms. The van der Waals surface area contributed by atoms with Gasteiger partial charge in [-0.05, 0) is 0 Å². The van der Waals surface area contributed by atoms with Gasteiger partial charge >= 0.3 is 148 Å². The third kappa shape index (κ3) is 3.78. The summed E-state index contributed by atoms with van der Waals surface area (Å²) in [6.45, 7) is 0. The van der Waals surface area contributed by atoms with Gasteiger partial charge in [-0.2, -0.15) is 0 Å². The number of rotatable bonds is 4. The van der Waals surface area contributed by atoms with Crippen LogP contribution >= 0.6 is 0 Å². The van der Waals surface area contributed by atoms with E-state index < -0.39 is 18.4 Å². The van der Waals surface area contributed by atoms with Crippen LogP contribution in [0.15, 0.2) is 60.8 Å². The van der Waals surface area contributed by atoms with Gasteiger partial charge in [0.1, 0.15) is 0 Å². The molecule has 4 heteroatoms. The summed E-state index contributed by atoms with van der Waals surface area (Å²) < 4.78 is 6.73. The summed E-state index contributed by atoms with van der Waals surface area (Å²) in [5.74, 6) is 0.833. The molecule has 0 saturated heterocycles. The standard InChI is InChI=1S/C17H13N2O.3CH3.Sn/c1-20-14-7-4-6-13(12-14)15-9-5-10-17(19-15)16-8-2-3-11-18-16;;;;/h2,4-12H,1H3;3*1H3;. The van der Waals surface area contributed by atoms with E-state index in [0.29, 0.717) is 0 Å². The van der Waals surface area contributed by atoms with E-state index in [4.69, 9.17) is 9.72 Å². The predicted octanol–water partition coefficient (Wildman–Crippen LogP) is 4.36. The van der Waals surface area contributed by atoms with E-state index in [9.17, 15) is 0 Å². The Labute approximate surface area is 147 Å². The molecule has 3 aromatic rings. The van der Waals surface area contributed by atoms with Crippen molar-refractivity contribution in [1.82, 2.24) is 9.97 Å². The van der Waals surface area contributed by atoms with Crippen LogP contribution in [-0.4, -0.2) is 35.5 Å². The molecular weight excluding hydrogens is 403 g/mol. The molecule has 2 heterocycles. The van der Waals surface area contributed by atoms with Crippen molar-refractivity contribution in [3.8, 4) is 28.4 Å². The molecular formula is C20H22N2OSn. The maximum absolute atomic E-state index is 5.30. The number of hydrogen-bond acceptors (Lipinski definition) is 3. The number of benzene rings is 1. The Bertz CT molecular complexity index is 839. The first kappa shape index (κ1) is 17.0. The van der Waals surface area contributed by atoms with Crippen molar-refractivity contribution in [3.63, 3.8) is 0 Å². The summed E-state index contributed by atoms with van der Waals surface area (Å²) in [6, 6.07) is 18.3. The zero-order valence-corrected chi connectivity index (χ0v) is 17.4. The van der Waals surface area contributed by atoms with Crippen molar-refractivity contribution in [2.45, 2.75) is 14.8 Å². The summed E-state index contributed by atoms with van der Waals surface area (Å²) >= 11 is -2.06. The van der Waals surface area contributed by atoms with Gasteiger partial charge in [0, 0.05) is 0 Å². The van der Waals surface area contributed by atoms with Gasteiger partial charge in [0.15, 0.2) is 0 Å². The average Bonchev–Trinajstić information content (AvgIpc) is 2.61. The second-order valence-electron chi connectivity index (χ2n) is 6.82. The van der Waals surface area contributed by atoms with Gasteiger partial charge in [-0.1, -0.05) is 0 Å². The van der Waals surface area contributed by atoms with Crippen LogP contribution < -0.4 is 8.32 Å². The Morgan fingerprint density at radius 2 is 1.58 bits per heavy atom. The first-order valence-corrected chi connectivity index (χ1v) is 18.0. The van der Waals surface area contributed by atoms with Crippen LogP contribution in [0.25, 0.3) is 22.6 Å². The van der Waals surface area contributed by atoms with Gasteiger partial charge < -0.3 is 0 Å². The van der Waals surface area contributed by atoms with Crippen LogP contribution in [0, 0.1) is 0 Å². The van der Waals surface area contributed by atoms with Crippen LogP contribution in [0.1, 0.15) is 0 Å². The van der Waals surface area contributed by atoms with Crippen molar-refractivity contribution in [2.24, 2.45) is 0 Å². The van der Waals surface area contributed by atoms with Gasteiger partial charge in [0.2, 0.25) is 0 Å². The Balaban J connectivity index is 1.95. The van der Waals surface area contributed by atoms with E-state index in [1.807, 2.05) is 48.7 Å². The van der Waals surface area contributed by atoms with Crippen molar-refractivity contribution < 1.29 is 4.74 Å². The molecule has 24 heavy (non-hydrogen) atoms. The Morgan fingerprint density at radius 1 is 0.833 bits per heavy atom. The molecule has 0 bridgehead atoms. The fourth-order valence-electron chi connectivity index (χ4n) is 2.51. The molecule has 0 saturated carbocycles. The quantitative estimate of drug-likeness (QED) is 0.583. The molecule has 3 rings (SSSR count). The summed E-state index contributed by atoms with van der Waals surface area (Å²) in [7, 11) is 1.68. The van der Waals surface area contributed by atoms with Gasteiger partial charge in [-0.3, -0.25) is 0 Å². The Kier molecular flexibility index (Phi) is 4.90. The van der Waals surface area contributed by atoms with Crippen molar-refractivity contribution >= 4 is 22.0 Å². The summed E-state index contributed by atoms with van der Waals surface area (Å²) in [4.78, 5) is 16.6. The van der Waals surface area contributed by atoms with Crippen LogP contribution in [0.2, 0.25) is 14.8 Å². The molecule has 0 unspecified atom stereocenters. The van der Waals surface area contributed by atoms with Gasteiger partial charge in [0.05, 0.1) is 0 Å². The summed E-state index contributed by atoms with van der Waals surface area (Å²) in [5, 5.41) is 0. The molecule has 0 amide bonds. The molecule has 0 N–H and O–H groups in total. The molecule has 122 valence electrons. The number of pyridine rings is 2. The first-order valence-electron chi connectivity index (χ1n) is 8.06. The number of ether oxygens (including phenoxy) is 1. The van der Waals surface area contributed by atoms with E-state index in [1.165, 1.54) is 3.58 Å². The number of aromatic nitrogens is 2. The third-order valence-corrected chi connectivity index (χ3v) is 9.79. The van der Waals surface area contributed by atoms with E-state index in [0.717, 1.165) is 28.4 Å². The van der Waals surface area contributed by atoms with Gasteiger partial charge in [-0.25, -0.2) is 0 Å². The van der Waals surface area contributed by atoms with E-state index >= 15 is 0 Å².